The summed E-state index contributed by atoms with van der Waals surface area (Å²) in [5.41, 5.74) is 10.4. The predicted molar refractivity (Wildman–Crippen MR) is 53.2 cm³/mol. The van der Waals surface area contributed by atoms with Crippen LogP contribution in [0.1, 0.15) is 6.42 Å². The Morgan fingerprint density at radius 1 is 1.54 bits per heavy atom. The lowest BCUT2D eigenvalue weighted by atomic mass is 10.3. The minimum absolute atomic E-state index is 0.458. The molecule has 0 heterocycles. The Hall–Kier alpha value is -0.650. The molecule has 5 nitrogen and oxygen atoms in total. The van der Waals surface area contributed by atoms with Gasteiger partial charge in [-0.3, -0.25) is 4.79 Å². The summed E-state index contributed by atoms with van der Waals surface area (Å²) >= 11 is 0. The van der Waals surface area contributed by atoms with E-state index in [1.807, 2.05) is 14.1 Å². The fourth-order valence-electron chi connectivity index (χ4n) is 0.878. The van der Waals surface area contributed by atoms with Gasteiger partial charge in [-0.15, -0.1) is 0 Å². The first-order valence-electron chi connectivity index (χ1n) is 4.44. The number of rotatable bonds is 7. The summed E-state index contributed by atoms with van der Waals surface area (Å²) in [6.45, 7) is 2.35. The minimum Gasteiger partial charge on any atom is -0.368 e. The Bertz CT molecular complexity index is 149. The van der Waals surface area contributed by atoms with Crippen LogP contribution in [0.15, 0.2) is 0 Å². The number of amides is 1. The highest BCUT2D eigenvalue weighted by Gasteiger charge is 2.06. The highest BCUT2D eigenvalue weighted by atomic mass is 16.1. The number of nitrogens with zero attached hydrogens (tertiary/aromatic N) is 1. The van der Waals surface area contributed by atoms with Crippen LogP contribution < -0.4 is 16.8 Å². The van der Waals surface area contributed by atoms with Gasteiger partial charge in [-0.25, -0.2) is 0 Å². The SMILES string of the molecule is CN(C)CCCNCC(N)C(N)=O. The topological polar surface area (TPSA) is 84.4 Å². The average molecular weight is 188 g/mol. The van der Waals surface area contributed by atoms with Crippen LogP contribution in [-0.2, 0) is 4.79 Å². The summed E-state index contributed by atoms with van der Waals surface area (Å²) in [5, 5.41) is 3.07. The molecule has 1 unspecified atom stereocenters. The van der Waals surface area contributed by atoms with Crippen LogP contribution in [0.25, 0.3) is 0 Å². The molecular weight excluding hydrogens is 168 g/mol. The van der Waals surface area contributed by atoms with E-state index in [0.717, 1.165) is 19.5 Å². The van der Waals surface area contributed by atoms with E-state index in [-0.39, 0.29) is 0 Å². The fraction of sp³-hybridized carbons (Fsp3) is 0.875. The van der Waals surface area contributed by atoms with Gasteiger partial charge in [-0.1, -0.05) is 0 Å². The standard InChI is InChI=1S/C8H20N4O/c1-12(2)5-3-4-11-6-7(9)8(10)13/h7,11H,3-6,9H2,1-2H3,(H2,10,13). The van der Waals surface area contributed by atoms with E-state index in [2.05, 4.69) is 10.2 Å². The van der Waals surface area contributed by atoms with Crippen molar-refractivity contribution in [3.05, 3.63) is 0 Å². The molecule has 0 aromatic heterocycles. The summed E-state index contributed by atoms with van der Waals surface area (Å²) in [6.07, 6.45) is 1.04. The van der Waals surface area contributed by atoms with E-state index >= 15 is 0 Å². The van der Waals surface area contributed by atoms with E-state index < -0.39 is 11.9 Å². The number of carbonyl (C=O) groups is 1. The molecule has 0 fully saturated rings. The monoisotopic (exact) mass is 188 g/mol. The fourth-order valence-corrected chi connectivity index (χ4v) is 0.878. The van der Waals surface area contributed by atoms with E-state index in [1.165, 1.54) is 0 Å². The average Bonchev–Trinajstić information content (AvgIpc) is 2.02. The molecule has 0 rings (SSSR count). The third kappa shape index (κ3) is 7.70. The molecule has 1 amide bonds. The minimum atomic E-state index is -0.570. The van der Waals surface area contributed by atoms with Crippen LogP contribution in [0.3, 0.4) is 0 Å². The van der Waals surface area contributed by atoms with Crippen LogP contribution in [-0.4, -0.2) is 50.6 Å². The second kappa shape index (κ2) is 6.82. The molecule has 0 aliphatic rings. The second-order valence-electron chi connectivity index (χ2n) is 3.37. The van der Waals surface area contributed by atoms with Gasteiger partial charge >= 0.3 is 0 Å². The number of nitrogens with two attached hydrogens (primary N) is 2. The zero-order chi connectivity index (χ0) is 10.3. The second-order valence-corrected chi connectivity index (χ2v) is 3.37. The molecule has 0 aliphatic carbocycles. The van der Waals surface area contributed by atoms with Gasteiger partial charge < -0.3 is 21.7 Å². The summed E-state index contributed by atoms with van der Waals surface area (Å²) in [5.74, 6) is -0.458. The Labute approximate surface area is 79.4 Å². The molecule has 0 aromatic rings. The molecule has 0 radical (unpaired) electrons. The third-order valence-corrected chi connectivity index (χ3v) is 1.69. The van der Waals surface area contributed by atoms with Gasteiger partial charge in [-0.2, -0.15) is 0 Å². The van der Waals surface area contributed by atoms with Gasteiger partial charge in [0.25, 0.3) is 0 Å². The Morgan fingerprint density at radius 2 is 2.15 bits per heavy atom. The van der Waals surface area contributed by atoms with Crippen molar-refractivity contribution in [2.75, 3.05) is 33.7 Å². The van der Waals surface area contributed by atoms with Crippen LogP contribution in [0.4, 0.5) is 0 Å². The van der Waals surface area contributed by atoms with Gasteiger partial charge in [0.15, 0.2) is 0 Å². The number of nitrogens with one attached hydrogen (secondary N) is 1. The molecule has 78 valence electrons. The van der Waals surface area contributed by atoms with Crippen molar-refractivity contribution in [3.8, 4) is 0 Å². The van der Waals surface area contributed by atoms with Gasteiger partial charge in [0.2, 0.25) is 5.91 Å². The predicted octanol–water partition coefficient (Wildman–Crippen LogP) is -1.66. The summed E-state index contributed by atoms with van der Waals surface area (Å²) in [6, 6.07) is -0.570. The molecular formula is C8H20N4O. The van der Waals surface area contributed by atoms with Crippen molar-refractivity contribution < 1.29 is 4.79 Å². The van der Waals surface area contributed by atoms with Crippen LogP contribution in [0.5, 0.6) is 0 Å². The third-order valence-electron chi connectivity index (χ3n) is 1.69. The maximum atomic E-state index is 10.5. The smallest absolute Gasteiger partial charge is 0.235 e. The molecule has 1 atom stereocenters. The van der Waals surface area contributed by atoms with E-state index in [1.54, 1.807) is 0 Å². The summed E-state index contributed by atoms with van der Waals surface area (Å²) in [4.78, 5) is 12.6. The van der Waals surface area contributed by atoms with Gasteiger partial charge in [-0.05, 0) is 33.6 Å². The quantitative estimate of drug-likeness (QED) is 0.418. The van der Waals surface area contributed by atoms with Crippen molar-refractivity contribution >= 4 is 5.91 Å². The van der Waals surface area contributed by atoms with Crippen molar-refractivity contribution in [1.82, 2.24) is 10.2 Å². The zero-order valence-electron chi connectivity index (χ0n) is 8.42. The Balaban J connectivity index is 3.21. The van der Waals surface area contributed by atoms with E-state index in [4.69, 9.17) is 11.5 Å². The number of primary amides is 1. The van der Waals surface area contributed by atoms with E-state index in [0.29, 0.717) is 6.54 Å². The molecule has 5 heteroatoms. The normalized spacial score (nSPS) is 13.2. The first-order valence-corrected chi connectivity index (χ1v) is 4.44. The maximum absolute atomic E-state index is 10.5. The summed E-state index contributed by atoms with van der Waals surface area (Å²) < 4.78 is 0. The number of hydrogen-bond donors (Lipinski definition) is 3. The van der Waals surface area contributed by atoms with Crippen LogP contribution in [0.2, 0.25) is 0 Å². The molecule has 0 aliphatic heterocycles. The highest BCUT2D eigenvalue weighted by Crippen LogP contribution is 1.81. The lowest BCUT2D eigenvalue weighted by Gasteiger charge is -2.11. The Kier molecular flexibility index (Phi) is 6.48. The lowest BCUT2D eigenvalue weighted by Crippen LogP contribution is -2.44. The largest absolute Gasteiger partial charge is 0.368 e. The first kappa shape index (κ1) is 12.3. The van der Waals surface area contributed by atoms with Crippen molar-refractivity contribution in [3.63, 3.8) is 0 Å². The van der Waals surface area contributed by atoms with Crippen LogP contribution >= 0.6 is 0 Å². The van der Waals surface area contributed by atoms with Crippen molar-refractivity contribution in [2.24, 2.45) is 11.5 Å². The first-order chi connectivity index (χ1) is 6.04. The van der Waals surface area contributed by atoms with Gasteiger partial charge in [0.1, 0.15) is 0 Å². The van der Waals surface area contributed by atoms with Crippen molar-refractivity contribution in [2.45, 2.75) is 12.5 Å². The van der Waals surface area contributed by atoms with Crippen LogP contribution in [0, 0.1) is 0 Å². The van der Waals surface area contributed by atoms with Crippen molar-refractivity contribution in [1.29, 1.82) is 0 Å². The van der Waals surface area contributed by atoms with Gasteiger partial charge in [0.05, 0.1) is 6.04 Å². The molecule has 0 saturated heterocycles. The number of hydrogen-bond acceptors (Lipinski definition) is 4. The Morgan fingerprint density at radius 3 is 2.62 bits per heavy atom. The molecule has 13 heavy (non-hydrogen) atoms. The molecule has 0 aromatic carbocycles. The summed E-state index contributed by atoms with van der Waals surface area (Å²) in [7, 11) is 4.05. The van der Waals surface area contributed by atoms with Gasteiger partial charge in [0, 0.05) is 6.54 Å². The molecule has 0 spiro atoms. The molecule has 5 N–H and O–H groups in total. The molecule has 0 saturated carbocycles. The van der Waals surface area contributed by atoms with E-state index in [9.17, 15) is 4.79 Å². The maximum Gasteiger partial charge on any atom is 0.235 e. The zero-order valence-corrected chi connectivity index (χ0v) is 8.42. The number of carbonyl (C=O) groups excluding carboxylic acids is 1. The highest BCUT2D eigenvalue weighted by molar-refractivity contribution is 5.79. The molecule has 0 bridgehead atoms. The lowest BCUT2D eigenvalue weighted by molar-refractivity contribution is -0.119.